The number of rotatable bonds is 3. The Morgan fingerprint density at radius 1 is 1.22 bits per heavy atom. The summed E-state index contributed by atoms with van der Waals surface area (Å²) < 4.78 is 0. The number of aliphatic hydroxyl groups excluding tert-OH is 1. The second-order valence-corrected chi connectivity index (χ2v) is 6.87. The summed E-state index contributed by atoms with van der Waals surface area (Å²) in [5.74, 6) is 0.353. The highest BCUT2D eigenvalue weighted by Gasteiger charge is 2.52. The molecule has 122 valence electrons. The van der Waals surface area contributed by atoms with Crippen LogP contribution in [-0.4, -0.2) is 47.7 Å². The number of fused-ring (bicyclic) bond motifs is 1. The Balaban J connectivity index is 1.56. The van der Waals surface area contributed by atoms with Gasteiger partial charge in [-0.15, -0.1) is 0 Å². The van der Waals surface area contributed by atoms with E-state index in [1.165, 1.54) is 42.4 Å². The Hall–Kier alpha value is -1.65. The largest absolute Gasteiger partial charge is 0.394 e. The molecule has 0 spiro atoms. The molecule has 0 radical (unpaired) electrons. The smallest absolute Gasteiger partial charge is 0.237 e. The van der Waals surface area contributed by atoms with Gasteiger partial charge in [-0.25, -0.2) is 0 Å². The van der Waals surface area contributed by atoms with Crippen molar-refractivity contribution >= 4 is 11.5 Å². The van der Waals surface area contributed by atoms with Gasteiger partial charge >= 0.3 is 0 Å². The van der Waals surface area contributed by atoms with Crippen molar-refractivity contribution in [3.63, 3.8) is 0 Å². The van der Waals surface area contributed by atoms with E-state index in [1.54, 1.807) is 0 Å². The van der Waals surface area contributed by atoms with Gasteiger partial charge in [0.05, 0.1) is 25.2 Å². The van der Waals surface area contributed by atoms with Gasteiger partial charge in [-0.05, 0) is 42.4 Å². The Kier molecular flexibility index (Phi) is 3.95. The summed E-state index contributed by atoms with van der Waals surface area (Å²) in [5.41, 5.74) is 4.02. The minimum Gasteiger partial charge on any atom is -0.394 e. The van der Waals surface area contributed by atoms with Crippen LogP contribution in [0.25, 0.3) is 5.57 Å². The molecular weight excluding hydrogens is 288 g/mol. The molecule has 4 nitrogen and oxygen atoms in total. The Morgan fingerprint density at radius 3 is 2.74 bits per heavy atom. The molecule has 4 rings (SSSR count). The number of aliphatic hydroxyl groups is 1. The zero-order valence-electron chi connectivity index (χ0n) is 13.4. The van der Waals surface area contributed by atoms with Gasteiger partial charge in [-0.3, -0.25) is 4.79 Å². The van der Waals surface area contributed by atoms with Crippen LogP contribution in [0.2, 0.25) is 0 Å². The first-order valence-electron chi connectivity index (χ1n) is 8.71. The summed E-state index contributed by atoms with van der Waals surface area (Å²) in [6, 6.07) is 8.93. The molecule has 0 bridgehead atoms. The number of nitrogens with zero attached hydrogens (tertiary/aromatic N) is 1. The van der Waals surface area contributed by atoms with Crippen molar-refractivity contribution in [2.75, 3.05) is 19.7 Å². The van der Waals surface area contributed by atoms with E-state index in [0.717, 1.165) is 6.54 Å². The fourth-order valence-corrected chi connectivity index (χ4v) is 4.43. The molecule has 4 heteroatoms. The van der Waals surface area contributed by atoms with Crippen LogP contribution in [0.4, 0.5) is 0 Å². The van der Waals surface area contributed by atoms with Gasteiger partial charge in [0.2, 0.25) is 5.91 Å². The molecule has 2 aliphatic heterocycles. The monoisotopic (exact) mass is 312 g/mol. The summed E-state index contributed by atoms with van der Waals surface area (Å²) >= 11 is 0. The van der Waals surface area contributed by atoms with Gasteiger partial charge in [-0.1, -0.05) is 30.3 Å². The maximum absolute atomic E-state index is 12.0. The van der Waals surface area contributed by atoms with E-state index in [-0.39, 0.29) is 30.5 Å². The Morgan fingerprint density at radius 2 is 2.04 bits per heavy atom. The molecule has 0 aromatic heterocycles. The number of carbonyl (C=O) groups is 1. The third kappa shape index (κ3) is 2.50. The lowest BCUT2D eigenvalue weighted by atomic mass is 9.74. The lowest BCUT2D eigenvalue weighted by molar-refractivity contribution is -0.153. The quantitative estimate of drug-likeness (QED) is 0.896. The highest BCUT2D eigenvalue weighted by atomic mass is 16.3. The number of amides is 1. The molecule has 3 atom stereocenters. The molecule has 2 fully saturated rings. The number of piperazine rings is 1. The maximum Gasteiger partial charge on any atom is 0.237 e. The van der Waals surface area contributed by atoms with Crippen LogP contribution in [-0.2, 0) is 4.79 Å². The molecule has 23 heavy (non-hydrogen) atoms. The predicted octanol–water partition coefficient (Wildman–Crippen LogP) is 1.90. The van der Waals surface area contributed by atoms with E-state index in [0.29, 0.717) is 6.54 Å². The zero-order chi connectivity index (χ0) is 15.8. The molecule has 0 unspecified atom stereocenters. The second kappa shape index (κ2) is 6.10. The minimum absolute atomic E-state index is 0.0415. The standard InChI is InChI=1S/C19H24N2O2/c22-12-17-19(16-10-20-11-18(23)21(16)17)15-8-6-14(7-9-15)13-4-2-1-3-5-13/h4,6-9,16-17,19-20,22H,1-3,5,10-12H2/t16-,17-,19+/m1/s1. The van der Waals surface area contributed by atoms with Crippen LogP contribution in [0.5, 0.6) is 0 Å². The summed E-state index contributed by atoms with van der Waals surface area (Å²) in [6.07, 6.45) is 7.33. The van der Waals surface area contributed by atoms with Crippen molar-refractivity contribution in [3.8, 4) is 0 Å². The molecule has 1 aliphatic carbocycles. The van der Waals surface area contributed by atoms with E-state index in [2.05, 4.69) is 35.7 Å². The van der Waals surface area contributed by atoms with Crippen molar-refractivity contribution in [3.05, 3.63) is 41.5 Å². The molecule has 1 aromatic rings. The van der Waals surface area contributed by atoms with Crippen molar-refractivity contribution in [1.82, 2.24) is 10.2 Å². The average Bonchev–Trinajstić information content (AvgIpc) is 2.58. The van der Waals surface area contributed by atoms with Crippen LogP contribution in [0.3, 0.4) is 0 Å². The Labute approximate surface area is 137 Å². The highest BCUT2D eigenvalue weighted by Crippen LogP contribution is 2.41. The topological polar surface area (TPSA) is 52.6 Å². The number of hydrogen-bond acceptors (Lipinski definition) is 3. The Bertz CT molecular complexity index is 617. The third-order valence-corrected chi connectivity index (χ3v) is 5.61. The number of allylic oxidation sites excluding steroid dienone is 2. The summed E-state index contributed by atoms with van der Waals surface area (Å²) in [7, 11) is 0. The molecular formula is C19H24N2O2. The fourth-order valence-electron chi connectivity index (χ4n) is 4.43. The van der Waals surface area contributed by atoms with E-state index < -0.39 is 0 Å². The van der Waals surface area contributed by atoms with Gasteiger partial charge in [0, 0.05) is 12.5 Å². The van der Waals surface area contributed by atoms with Gasteiger partial charge in [0.25, 0.3) is 0 Å². The SMILES string of the molecule is O=C1CNC[C@@H]2[C@H](c3ccc(C4=CCCCC4)cc3)[C@@H](CO)N12. The summed E-state index contributed by atoms with van der Waals surface area (Å²) in [6.45, 7) is 1.26. The normalized spacial score (nSPS) is 30.5. The first kappa shape index (κ1) is 14.9. The van der Waals surface area contributed by atoms with Crippen LogP contribution in [0.15, 0.2) is 30.3 Å². The van der Waals surface area contributed by atoms with Gasteiger partial charge in [0.15, 0.2) is 0 Å². The van der Waals surface area contributed by atoms with Crippen LogP contribution >= 0.6 is 0 Å². The van der Waals surface area contributed by atoms with Gasteiger partial charge in [0.1, 0.15) is 0 Å². The van der Waals surface area contributed by atoms with Crippen molar-refractivity contribution in [1.29, 1.82) is 0 Å². The maximum atomic E-state index is 12.0. The third-order valence-electron chi connectivity index (χ3n) is 5.61. The van der Waals surface area contributed by atoms with E-state index in [1.807, 2.05) is 4.90 Å². The van der Waals surface area contributed by atoms with E-state index >= 15 is 0 Å². The molecule has 2 saturated heterocycles. The number of carbonyl (C=O) groups excluding carboxylic acids is 1. The fraction of sp³-hybridized carbons (Fsp3) is 0.526. The lowest BCUT2D eigenvalue weighted by Gasteiger charge is -2.57. The zero-order valence-corrected chi connectivity index (χ0v) is 13.4. The van der Waals surface area contributed by atoms with Crippen LogP contribution < -0.4 is 5.32 Å². The average molecular weight is 312 g/mol. The van der Waals surface area contributed by atoms with Crippen molar-refractivity contribution in [2.45, 2.75) is 43.7 Å². The lowest BCUT2D eigenvalue weighted by Crippen LogP contribution is -2.72. The first-order chi connectivity index (χ1) is 11.3. The predicted molar refractivity (Wildman–Crippen MR) is 90.0 cm³/mol. The molecule has 0 saturated carbocycles. The molecule has 1 aromatic carbocycles. The first-order valence-corrected chi connectivity index (χ1v) is 8.71. The molecule has 3 aliphatic rings. The minimum atomic E-state index is -0.0608. The van der Waals surface area contributed by atoms with Gasteiger partial charge in [-0.2, -0.15) is 0 Å². The number of hydrogen-bond donors (Lipinski definition) is 2. The van der Waals surface area contributed by atoms with Crippen molar-refractivity contribution in [2.24, 2.45) is 0 Å². The summed E-state index contributed by atoms with van der Waals surface area (Å²) in [4.78, 5) is 13.9. The second-order valence-electron chi connectivity index (χ2n) is 6.87. The van der Waals surface area contributed by atoms with Crippen LogP contribution in [0.1, 0.15) is 42.7 Å². The molecule has 2 heterocycles. The van der Waals surface area contributed by atoms with E-state index in [9.17, 15) is 9.90 Å². The van der Waals surface area contributed by atoms with Crippen LogP contribution in [0, 0.1) is 0 Å². The highest BCUT2D eigenvalue weighted by molar-refractivity contribution is 5.81. The van der Waals surface area contributed by atoms with Gasteiger partial charge < -0.3 is 15.3 Å². The number of benzene rings is 1. The molecule has 1 amide bonds. The summed E-state index contributed by atoms with van der Waals surface area (Å²) in [5, 5.41) is 12.9. The number of nitrogens with one attached hydrogen (secondary N) is 1. The van der Waals surface area contributed by atoms with E-state index in [4.69, 9.17) is 0 Å². The van der Waals surface area contributed by atoms with Crippen molar-refractivity contribution < 1.29 is 9.90 Å². The molecule has 2 N–H and O–H groups in total.